The van der Waals surface area contributed by atoms with Gasteiger partial charge in [0.1, 0.15) is 13.2 Å². The monoisotopic (exact) mass is 972 g/mol. The second-order valence-electron chi connectivity index (χ2n) is 22.1. The summed E-state index contributed by atoms with van der Waals surface area (Å²) in [5.74, 6) is -0.138. The summed E-state index contributed by atoms with van der Waals surface area (Å²) in [5, 5.41) is 14.0. The number of likely N-dealkylation sites (N-methyl/N-ethyl adjacent to an activating group) is 1. The van der Waals surface area contributed by atoms with Gasteiger partial charge in [0.2, 0.25) is 5.91 Å². The highest BCUT2D eigenvalue weighted by Gasteiger charge is 2.28. The number of aliphatic hydroxyl groups excluding tert-OH is 1. The molecule has 0 aliphatic carbocycles. The molecule has 0 aromatic rings. The number of nitrogens with one attached hydrogen (secondary N) is 1. The van der Waals surface area contributed by atoms with Crippen molar-refractivity contribution in [2.45, 2.75) is 328 Å². The summed E-state index contributed by atoms with van der Waals surface area (Å²) in [6, 6.07) is -0.753. The van der Waals surface area contributed by atoms with E-state index < -0.39 is 20.0 Å². The normalized spacial score (nSPS) is 13.8. The Balaban J connectivity index is 3.81. The Kier molecular flexibility index (Phi) is 50.1. The second kappa shape index (κ2) is 50.4. The molecule has 3 N–H and O–H groups in total. The van der Waals surface area contributed by atoms with Crippen molar-refractivity contribution in [3.63, 3.8) is 0 Å². The van der Waals surface area contributed by atoms with Crippen LogP contribution in [0.15, 0.2) is 0 Å². The molecular formula is C58H120N2O6P+. The largest absolute Gasteiger partial charge is 0.472 e. The Morgan fingerprint density at radius 3 is 1.00 bits per heavy atom. The third-order valence-electron chi connectivity index (χ3n) is 14.1. The molecule has 0 spiro atoms. The third kappa shape index (κ3) is 53.1. The van der Waals surface area contributed by atoms with E-state index in [-0.39, 0.29) is 19.1 Å². The molecule has 0 aliphatic rings. The van der Waals surface area contributed by atoms with Crippen LogP contribution in [0, 0.1) is 0 Å². The number of phosphoric ester groups is 1. The maximum atomic E-state index is 12.9. The quantitative estimate of drug-likeness (QED) is 0.0319. The number of hydrogen-bond donors (Lipinski definition) is 3. The van der Waals surface area contributed by atoms with E-state index in [9.17, 15) is 19.4 Å². The molecule has 8 nitrogen and oxygen atoms in total. The van der Waals surface area contributed by atoms with Crippen LogP contribution in [0.2, 0.25) is 0 Å². The van der Waals surface area contributed by atoms with Gasteiger partial charge in [0.15, 0.2) is 0 Å². The van der Waals surface area contributed by atoms with Crippen LogP contribution in [0.1, 0.15) is 316 Å². The van der Waals surface area contributed by atoms with Crippen LogP contribution in [0.4, 0.5) is 0 Å². The highest BCUT2D eigenvalue weighted by Crippen LogP contribution is 2.43. The molecule has 402 valence electrons. The summed E-state index contributed by atoms with van der Waals surface area (Å²) in [6.45, 7) is 4.91. The lowest BCUT2D eigenvalue weighted by Gasteiger charge is -2.26. The number of nitrogens with zero attached hydrogens (tertiary/aromatic N) is 1. The Bertz CT molecular complexity index is 1060. The maximum absolute atomic E-state index is 12.9. The minimum atomic E-state index is -4.31. The van der Waals surface area contributed by atoms with Gasteiger partial charge in [-0.1, -0.05) is 296 Å². The molecule has 0 heterocycles. The molecule has 0 fully saturated rings. The molecule has 0 radical (unpaired) electrons. The molecule has 3 atom stereocenters. The van der Waals surface area contributed by atoms with Crippen LogP contribution in [-0.2, 0) is 18.4 Å². The highest BCUT2D eigenvalue weighted by atomic mass is 31.2. The number of carbonyl (C=O) groups excluding carboxylic acids is 1. The molecule has 0 aromatic carbocycles. The second-order valence-corrected chi connectivity index (χ2v) is 23.5. The maximum Gasteiger partial charge on any atom is 0.472 e. The predicted molar refractivity (Wildman–Crippen MR) is 291 cm³/mol. The van der Waals surface area contributed by atoms with E-state index in [1.165, 1.54) is 250 Å². The van der Waals surface area contributed by atoms with Crippen LogP contribution < -0.4 is 5.32 Å². The number of quaternary nitrogens is 1. The van der Waals surface area contributed by atoms with Crippen LogP contribution in [0.5, 0.6) is 0 Å². The topological polar surface area (TPSA) is 105 Å². The van der Waals surface area contributed by atoms with Gasteiger partial charge in [0.25, 0.3) is 0 Å². The van der Waals surface area contributed by atoms with Crippen molar-refractivity contribution in [2.24, 2.45) is 0 Å². The molecule has 0 aromatic heterocycles. The van der Waals surface area contributed by atoms with Gasteiger partial charge in [-0.25, -0.2) is 4.57 Å². The first-order valence-electron chi connectivity index (χ1n) is 29.9. The fraction of sp³-hybridized carbons (Fsp3) is 0.983. The zero-order valence-corrected chi connectivity index (χ0v) is 46.8. The van der Waals surface area contributed by atoms with E-state index >= 15 is 0 Å². The van der Waals surface area contributed by atoms with Crippen molar-refractivity contribution in [2.75, 3.05) is 40.9 Å². The molecular weight excluding hydrogens is 852 g/mol. The van der Waals surface area contributed by atoms with Gasteiger partial charge in [0, 0.05) is 6.42 Å². The smallest absolute Gasteiger partial charge is 0.391 e. The standard InChI is InChI=1S/C58H119N2O6P/c1-6-8-10-12-14-16-18-19-20-21-22-23-24-25-26-27-28-29-30-31-32-33-34-35-36-37-38-39-40-41-42-44-46-48-50-52-58(62)59-56(55-66-67(63,64)65-54-53-60(3,4)5)57(61)51-49-47-45-43-17-15-13-11-9-7-2/h56-57,61H,6-55H2,1-5H3,(H-,59,62,63,64)/p+1/t56-,57+/m0/s1. The van der Waals surface area contributed by atoms with Gasteiger partial charge >= 0.3 is 7.82 Å². The number of amides is 1. The zero-order valence-electron chi connectivity index (χ0n) is 45.9. The molecule has 0 saturated heterocycles. The third-order valence-corrected chi connectivity index (χ3v) is 15.1. The van der Waals surface area contributed by atoms with E-state index in [1.807, 2.05) is 21.1 Å². The minimum absolute atomic E-state index is 0.0786. The minimum Gasteiger partial charge on any atom is -0.391 e. The van der Waals surface area contributed by atoms with Gasteiger partial charge < -0.3 is 19.8 Å². The van der Waals surface area contributed by atoms with Crippen LogP contribution in [0.3, 0.4) is 0 Å². The van der Waals surface area contributed by atoms with E-state index in [0.29, 0.717) is 23.9 Å². The number of rotatable bonds is 56. The Morgan fingerprint density at radius 1 is 0.448 bits per heavy atom. The van der Waals surface area contributed by atoms with Crippen molar-refractivity contribution in [3.05, 3.63) is 0 Å². The van der Waals surface area contributed by atoms with Crippen molar-refractivity contribution < 1.29 is 32.9 Å². The lowest BCUT2D eigenvalue weighted by molar-refractivity contribution is -0.870. The molecule has 0 saturated carbocycles. The number of unbranched alkanes of at least 4 members (excludes halogenated alkanes) is 43. The van der Waals surface area contributed by atoms with E-state index in [0.717, 1.165) is 38.5 Å². The Hall–Kier alpha value is -0.500. The van der Waals surface area contributed by atoms with E-state index in [1.54, 1.807) is 0 Å². The van der Waals surface area contributed by atoms with Crippen molar-refractivity contribution in [1.29, 1.82) is 0 Å². The summed E-state index contributed by atoms with van der Waals surface area (Å²) >= 11 is 0. The molecule has 67 heavy (non-hydrogen) atoms. The fourth-order valence-corrected chi connectivity index (χ4v) is 10.1. The van der Waals surface area contributed by atoms with Crippen molar-refractivity contribution in [1.82, 2.24) is 5.32 Å². The van der Waals surface area contributed by atoms with Crippen molar-refractivity contribution in [3.8, 4) is 0 Å². The first-order chi connectivity index (χ1) is 32.5. The summed E-state index contributed by atoms with van der Waals surface area (Å²) in [5.41, 5.74) is 0. The molecule has 0 rings (SSSR count). The van der Waals surface area contributed by atoms with Gasteiger partial charge in [0.05, 0.1) is 39.9 Å². The van der Waals surface area contributed by atoms with Gasteiger partial charge in [-0.2, -0.15) is 0 Å². The lowest BCUT2D eigenvalue weighted by atomic mass is 10.0. The van der Waals surface area contributed by atoms with Gasteiger partial charge in [-0.3, -0.25) is 13.8 Å². The van der Waals surface area contributed by atoms with Crippen LogP contribution in [-0.4, -0.2) is 73.4 Å². The number of aliphatic hydroxyl groups is 1. The average molecular weight is 973 g/mol. The summed E-state index contributed by atoms with van der Waals surface area (Å²) < 4.78 is 23.7. The Morgan fingerprint density at radius 2 is 0.716 bits per heavy atom. The summed E-state index contributed by atoms with van der Waals surface area (Å²) in [6.07, 6.45) is 60.6. The molecule has 0 aliphatic heterocycles. The lowest BCUT2D eigenvalue weighted by Crippen LogP contribution is -2.46. The molecule has 1 unspecified atom stereocenters. The van der Waals surface area contributed by atoms with Gasteiger partial charge in [-0.05, 0) is 12.8 Å². The molecule has 9 heteroatoms. The SMILES string of the molecule is CCCCCCCCCCCCCCCCCCCCCCCCCCCCCCCCCCCCCC(=O)N[C@@H](COP(=O)(O)OCC[N+](C)(C)C)[C@H](O)CCCCCCCCCCCC. The van der Waals surface area contributed by atoms with E-state index in [2.05, 4.69) is 19.2 Å². The van der Waals surface area contributed by atoms with Crippen LogP contribution >= 0.6 is 7.82 Å². The fourth-order valence-electron chi connectivity index (χ4n) is 9.40. The summed E-state index contributed by atoms with van der Waals surface area (Å²) in [4.78, 5) is 23.2. The van der Waals surface area contributed by atoms with Gasteiger partial charge in [-0.15, -0.1) is 0 Å². The molecule has 1 amide bonds. The highest BCUT2D eigenvalue weighted by molar-refractivity contribution is 7.47. The first kappa shape index (κ1) is 66.5. The predicted octanol–water partition coefficient (Wildman–Crippen LogP) is 18.0. The summed E-state index contributed by atoms with van der Waals surface area (Å²) in [7, 11) is 1.63. The Labute approximate surface area is 419 Å². The first-order valence-corrected chi connectivity index (χ1v) is 31.4. The van der Waals surface area contributed by atoms with E-state index in [4.69, 9.17) is 9.05 Å². The van der Waals surface area contributed by atoms with Crippen LogP contribution in [0.25, 0.3) is 0 Å². The number of phosphoric acid groups is 1. The number of carbonyl (C=O) groups is 1. The van der Waals surface area contributed by atoms with Crippen molar-refractivity contribution >= 4 is 13.7 Å². The average Bonchev–Trinajstić information content (AvgIpc) is 3.29. The molecule has 0 bridgehead atoms. The zero-order chi connectivity index (χ0) is 49.2. The number of hydrogen-bond acceptors (Lipinski definition) is 5.